The number of nitrogens with one attached hydrogen (secondary N) is 1. The topological polar surface area (TPSA) is 75.4 Å². The largest absolute Gasteiger partial charge is 0.508 e. The fourth-order valence-corrected chi connectivity index (χ4v) is 2.28. The number of rotatable bonds is 5. The van der Waals surface area contributed by atoms with Gasteiger partial charge in [0.1, 0.15) is 11.5 Å². The minimum atomic E-state index is -2.88. The quantitative estimate of drug-likeness (QED) is 0.535. The van der Waals surface area contributed by atoms with Crippen LogP contribution in [0.4, 0.5) is 8.78 Å². The highest BCUT2D eigenvalue weighted by molar-refractivity contribution is 7.71. The summed E-state index contributed by atoms with van der Waals surface area (Å²) < 4.78 is 30.4. The third-order valence-corrected chi connectivity index (χ3v) is 3.44. The molecule has 0 radical (unpaired) electrons. The molecular formula is C16H12F2N4O2S. The number of benzene rings is 2. The van der Waals surface area contributed by atoms with Crippen LogP contribution in [-0.4, -0.2) is 32.8 Å². The van der Waals surface area contributed by atoms with E-state index in [0.717, 1.165) is 0 Å². The fraction of sp³-hybridized carbons (Fsp3) is 0.0625. The summed E-state index contributed by atoms with van der Waals surface area (Å²) in [6.45, 7) is -2.88. The van der Waals surface area contributed by atoms with E-state index in [1.165, 1.54) is 23.0 Å². The van der Waals surface area contributed by atoms with Gasteiger partial charge in [0, 0.05) is 5.56 Å². The Morgan fingerprint density at radius 3 is 2.68 bits per heavy atom. The van der Waals surface area contributed by atoms with Crippen molar-refractivity contribution in [1.29, 1.82) is 0 Å². The van der Waals surface area contributed by atoms with E-state index in [1.54, 1.807) is 36.4 Å². The van der Waals surface area contributed by atoms with Gasteiger partial charge >= 0.3 is 6.61 Å². The van der Waals surface area contributed by atoms with Crippen molar-refractivity contribution in [3.8, 4) is 22.9 Å². The Kier molecular flexibility index (Phi) is 4.85. The molecule has 0 atom stereocenters. The highest BCUT2D eigenvalue weighted by atomic mass is 32.1. The molecule has 1 aromatic heterocycles. The fourth-order valence-electron chi connectivity index (χ4n) is 2.10. The average Bonchev–Trinajstić information content (AvgIpc) is 2.94. The van der Waals surface area contributed by atoms with Crippen LogP contribution in [0, 0.1) is 4.77 Å². The van der Waals surface area contributed by atoms with Crippen LogP contribution < -0.4 is 4.74 Å². The van der Waals surface area contributed by atoms with Crippen molar-refractivity contribution < 1.29 is 18.6 Å². The molecule has 0 saturated heterocycles. The molecule has 0 aliphatic heterocycles. The van der Waals surface area contributed by atoms with Crippen molar-refractivity contribution in [2.75, 3.05) is 0 Å². The van der Waals surface area contributed by atoms with E-state index in [9.17, 15) is 13.9 Å². The number of aromatic nitrogens is 3. The third-order valence-electron chi connectivity index (χ3n) is 3.18. The van der Waals surface area contributed by atoms with Crippen molar-refractivity contribution in [2.24, 2.45) is 5.10 Å². The Bertz CT molecular complexity index is 951. The van der Waals surface area contributed by atoms with Crippen molar-refractivity contribution >= 4 is 18.4 Å². The number of hydrogen-bond donors (Lipinski definition) is 2. The van der Waals surface area contributed by atoms with Gasteiger partial charge in [-0.25, -0.2) is 5.10 Å². The number of aromatic hydroxyl groups is 1. The van der Waals surface area contributed by atoms with Gasteiger partial charge in [-0.05, 0) is 54.2 Å². The van der Waals surface area contributed by atoms with E-state index in [2.05, 4.69) is 20.0 Å². The Morgan fingerprint density at radius 1 is 1.24 bits per heavy atom. The van der Waals surface area contributed by atoms with Gasteiger partial charge in [-0.15, -0.1) is 0 Å². The predicted octanol–water partition coefficient (Wildman–Crippen LogP) is 3.80. The summed E-state index contributed by atoms with van der Waals surface area (Å²) in [6.07, 6.45) is 1.52. The molecule has 0 saturated carbocycles. The van der Waals surface area contributed by atoms with Gasteiger partial charge in [-0.1, -0.05) is 12.1 Å². The molecule has 0 aliphatic carbocycles. The van der Waals surface area contributed by atoms with Gasteiger partial charge in [0.05, 0.1) is 6.21 Å². The summed E-state index contributed by atoms with van der Waals surface area (Å²) in [4.78, 5) is 0. The van der Waals surface area contributed by atoms with Crippen molar-refractivity contribution in [3.05, 3.63) is 58.9 Å². The number of phenols is 1. The van der Waals surface area contributed by atoms with E-state index < -0.39 is 6.61 Å². The van der Waals surface area contributed by atoms with Crippen LogP contribution >= 0.6 is 12.2 Å². The first-order valence-corrected chi connectivity index (χ1v) is 7.50. The first kappa shape index (κ1) is 16.8. The predicted molar refractivity (Wildman–Crippen MR) is 90.6 cm³/mol. The number of H-pyrrole nitrogens is 1. The molecule has 25 heavy (non-hydrogen) atoms. The molecule has 0 unspecified atom stereocenters. The molecule has 9 heteroatoms. The van der Waals surface area contributed by atoms with Gasteiger partial charge in [0.15, 0.2) is 5.82 Å². The number of hydrogen-bond acceptors (Lipinski definition) is 5. The van der Waals surface area contributed by atoms with E-state index in [0.29, 0.717) is 17.0 Å². The van der Waals surface area contributed by atoms with E-state index in [-0.39, 0.29) is 16.3 Å². The minimum Gasteiger partial charge on any atom is -0.508 e. The highest BCUT2D eigenvalue weighted by Gasteiger charge is 2.10. The summed E-state index contributed by atoms with van der Waals surface area (Å²) in [5.74, 6) is 0.572. The van der Waals surface area contributed by atoms with Crippen LogP contribution in [0.1, 0.15) is 5.56 Å². The van der Waals surface area contributed by atoms with Gasteiger partial charge < -0.3 is 9.84 Å². The Hall–Kier alpha value is -3.07. The smallest absolute Gasteiger partial charge is 0.387 e. The molecular weight excluding hydrogens is 350 g/mol. The molecule has 3 aromatic rings. The zero-order chi connectivity index (χ0) is 17.8. The third kappa shape index (κ3) is 4.07. The molecule has 2 aromatic carbocycles. The molecule has 0 aliphatic rings. The first-order chi connectivity index (χ1) is 12.0. The lowest BCUT2D eigenvalue weighted by Crippen LogP contribution is -2.01. The van der Waals surface area contributed by atoms with E-state index in [4.69, 9.17) is 12.2 Å². The summed E-state index contributed by atoms with van der Waals surface area (Å²) in [5.41, 5.74) is 1.29. The lowest BCUT2D eigenvalue weighted by molar-refractivity contribution is -0.0498. The second-order valence-corrected chi connectivity index (χ2v) is 5.29. The molecule has 3 rings (SSSR count). The van der Waals surface area contributed by atoms with Crippen molar-refractivity contribution in [3.63, 3.8) is 0 Å². The summed E-state index contributed by atoms with van der Waals surface area (Å²) >= 11 is 5.15. The monoisotopic (exact) mass is 362 g/mol. The standard InChI is InChI=1S/C16H12F2N4O2S/c17-15(18)24-13-6-4-11(5-7-13)14-20-21-16(25)22(14)19-9-10-2-1-3-12(23)8-10/h1-9,15,23H,(H,21,25)/b19-9+. The summed E-state index contributed by atoms with van der Waals surface area (Å²) in [7, 11) is 0. The number of alkyl halides is 2. The van der Waals surface area contributed by atoms with E-state index >= 15 is 0 Å². The van der Waals surface area contributed by atoms with Crippen LogP contribution in [0.15, 0.2) is 53.6 Å². The van der Waals surface area contributed by atoms with Crippen LogP contribution in [0.25, 0.3) is 11.4 Å². The average molecular weight is 362 g/mol. The first-order valence-electron chi connectivity index (χ1n) is 7.09. The number of halogens is 2. The van der Waals surface area contributed by atoms with Crippen LogP contribution in [0.3, 0.4) is 0 Å². The Balaban J connectivity index is 1.90. The Labute approximate surface area is 146 Å². The maximum absolute atomic E-state index is 12.2. The second kappa shape index (κ2) is 7.22. The summed E-state index contributed by atoms with van der Waals surface area (Å²) in [6, 6.07) is 12.5. The number of phenolic OH excluding ortho intramolecular Hbond substituents is 1. The minimum absolute atomic E-state index is 0.0442. The van der Waals surface area contributed by atoms with Crippen LogP contribution in [-0.2, 0) is 0 Å². The van der Waals surface area contributed by atoms with Crippen LogP contribution in [0.2, 0.25) is 0 Å². The number of nitrogens with zero attached hydrogens (tertiary/aromatic N) is 3. The number of ether oxygens (including phenoxy) is 1. The molecule has 2 N–H and O–H groups in total. The molecule has 6 nitrogen and oxygen atoms in total. The van der Waals surface area contributed by atoms with Crippen molar-refractivity contribution in [1.82, 2.24) is 14.9 Å². The lowest BCUT2D eigenvalue weighted by Gasteiger charge is -2.05. The SMILES string of the molecule is Oc1cccc(/C=N/n2c(-c3ccc(OC(F)F)cc3)n[nH]c2=S)c1. The molecule has 0 spiro atoms. The molecule has 0 fully saturated rings. The maximum Gasteiger partial charge on any atom is 0.387 e. The lowest BCUT2D eigenvalue weighted by atomic mass is 10.2. The molecule has 1 heterocycles. The Morgan fingerprint density at radius 2 is 2.00 bits per heavy atom. The van der Waals surface area contributed by atoms with Crippen molar-refractivity contribution in [2.45, 2.75) is 6.61 Å². The zero-order valence-corrected chi connectivity index (χ0v) is 13.5. The number of aromatic amines is 1. The second-order valence-electron chi connectivity index (χ2n) is 4.91. The normalized spacial score (nSPS) is 11.3. The van der Waals surface area contributed by atoms with Crippen LogP contribution in [0.5, 0.6) is 11.5 Å². The molecule has 128 valence electrons. The van der Waals surface area contributed by atoms with E-state index in [1.807, 2.05) is 0 Å². The maximum atomic E-state index is 12.2. The van der Waals surface area contributed by atoms with Gasteiger partial charge in [-0.2, -0.15) is 23.7 Å². The zero-order valence-electron chi connectivity index (χ0n) is 12.6. The highest BCUT2D eigenvalue weighted by Crippen LogP contribution is 2.22. The van der Waals surface area contributed by atoms with Gasteiger partial charge in [0.2, 0.25) is 4.77 Å². The van der Waals surface area contributed by atoms with Gasteiger partial charge in [0.25, 0.3) is 0 Å². The summed E-state index contributed by atoms with van der Waals surface area (Å²) in [5, 5.41) is 20.5. The molecule has 0 bridgehead atoms. The van der Waals surface area contributed by atoms with Gasteiger partial charge in [-0.3, -0.25) is 0 Å². The molecule has 0 amide bonds.